The van der Waals surface area contributed by atoms with E-state index in [1.165, 1.54) is 24.8 Å². The SMILES string of the molecule is Cc1cccc(OCCC(=O)N2CCC3(CCNCC3)C2)c1. The molecule has 0 bridgehead atoms. The average Bonchev–Trinajstić information content (AvgIpc) is 2.92. The number of hydrogen-bond donors (Lipinski definition) is 1. The van der Waals surface area contributed by atoms with Crippen LogP contribution in [0.3, 0.4) is 0 Å². The van der Waals surface area contributed by atoms with Crippen molar-refractivity contribution in [3.63, 3.8) is 0 Å². The Hall–Kier alpha value is -1.55. The molecule has 0 radical (unpaired) electrons. The Bertz CT molecular complexity index is 524. The molecule has 2 saturated heterocycles. The smallest absolute Gasteiger partial charge is 0.226 e. The van der Waals surface area contributed by atoms with E-state index in [2.05, 4.69) is 5.32 Å². The molecule has 0 aliphatic carbocycles. The molecule has 0 aromatic heterocycles. The number of piperidine rings is 1. The van der Waals surface area contributed by atoms with Crippen molar-refractivity contribution >= 4 is 5.91 Å². The zero-order valence-electron chi connectivity index (χ0n) is 13.4. The Labute approximate surface area is 132 Å². The summed E-state index contributed by atoms with van der Waals surface area (Å²) in [4.78, 5) is 14.4. The zero-order chi connectivity index (χ0) is 15.4. The third-order valence-corrected chi connectivity index (χ3v) is 5.03. The molecule has 1 aromatic rings. The Morgan fingerprint density at radius 2 is 2.14 bits per heavy atom. The van der Waals surface area contributed by atoms with Crippen LogP contribution in [0.15, 0.2) is 24.3 Å². The molecule has 2 aliphatic rings. The van der Waals surface area contributed by atoms with Crippen LogP contribution in [0.5, 0.6) is 5.75 Å². The Balaban J connectivity index is 1.44. The predicted octanol–water partition coefficient (Wildman–Crippen LogP) is 2.37. The molecule has 2 heterocycles. The van der Waals surface area contributed by atoms with Gasteiger partial charge < -0.3 is 15.0 Å². The van der Waals surface area contributed by atoms with Gasteiger partial charge in [-0.2, -0.15) is 0 Å². The first kappa shape index (κ1) is 15.3. The first-order valence-corrected chi connectivity index (χ1v) is 8.35. The highest BCUT2D eigenvalue weighted by Gasteiger charge is 2.40. The van der Waals surface area contributed by atoms with Crippen LogP contribution in [-0.2, 0) is 4.79 Å². The minimum Gasteiger partial charge on any atom is -0.493 e. The van der Waals surface area contributed by atoms with Crippen LogP contribution in [0.2, 0.25) is 0 Å². The molecule has 4 nitrogen and oxygen atoms in total. The molecule has 2 fully saturated rings. The number of aryl methyl sites for hydroxylation is 1. The monoisotopic (exact) mass is 302 g/mol. The number of benzene rings is 1. The van der Waals surface area contributed by atoms with Crippen LogP contribution >= 0.6 is 0 Å². The second kappa shape index (κ2) is 6.69. The summed E-state index contributed by atoms with van der Waals surface area (Å²) in [6, 6.07) is 7.97. The molecular weight excluding hydrogens is 276 g/mol. The van der Waals surface area contributed by atoms with E-state index in [1.54, 1.807) is 0 Å². The van der Waals surface area contributed by atoms with Crippen LogP contribution in [0.4, 0.5) is 0 Å². The summed E-state index contributed by atoms with van der Waals surface area (Å²) >= 11 is 0. The van der Waals surface area contributed by atoms with Gasteiger partial charge in [0.1, 0.15) is 5.75 Å². The number of hydrogen-bond acceptors (Lipinski definition) is 3. The molecular formula is C18H26N2O2. The summed E-state index contributed by atoms with van der Waals surface area (Å²) in [7, 11) is 0. The lowest BCUT2D eigenvalue weighted by atomic mass is 9.78. The van der Waals surface area contributed by atoms with E-state index in [-0.39, 0.29) is 5.91 Å². The van der Waals surface area contributed by atoms with E-state index in [1.807, 2.05) is 36.1 Å². The quantitative estimate of drug-likeness (QED) is 0.928. The van der Waals surface area contributed by atoms with Gasteiger partial charge >= 0.3 is 0 Å². The maximum Gasteiger partial charge on any atom is 0.226 e. The third-order valence-electron chi connectivity index (χ3n) is 5.03. The molecule has 1 aromatic carbocycles. The van der Waals surface area contributed by atoms with E-state index in [0.717, 1.165) is 31.9 Å². The van der Waals surface area contributed by atoms with Gasteiger partial charge in [-0.3, -0.25) is 4.79 Å². The topological polar surface area (TPSA) is 41.6 Å². The fourth-order valence-electron chi connectivity index (χ4n) is 3.63. The number of carbonyl (C=O) groups is 1. The molecule has 22 heavy (non-hydrogen) atoms. The first-order chi connectivity index (χ1) is 10.7. The Kier molecular flexibility index (Phi) is 4.67. The highest BCUT2D eigenvalue weighted by molar-refractivity contribution is 5.76. The summed E-state index contributed by atoms with van der Waals surface area (Å²) in [5.74, 6) is 1.09. The summed E-state index contributed by atoms with van der Waals surface area (Å²) in [5, 5.41) is 3.41. The highest BCUT2D eigenvalue weighted by Crippen LogP contribution is 2.38. The van der Waals surface area contributed by atoms with Gasteiger partial charge in [0.05, 0.1) is 13.0 Å². The summed E-state index contributed by atoms with van der Waals surface area (Å²) in [5.41, 5.74) is 1.56. The van der Waals surface area contributed by atoms with Gasteiger partial charge in [-0.15, -0.1) is 0 Å². The number of ether oxygens (including phenoxy) is 1. The standard InChI is InChI=1S/C18H26N2O2/c1-15-3-2-4-16(13-15)22-12-5-17(21)20-11-8-18(14-20)6-9-19-10-7-18/h2-4,13,19H,5-12,14H2,1H3. The lowest BCUT2D eigenvalue weighted by molar-refractivity contribution is -0.131. The predicted molar refractivity (Wildman–Crippen MR) is 87.0 cm³/mol. The van der Waals surface area contributed by atoms with Gasteiger partial charge in [-0.1, -0.05) is 12.1 Å². The number of nitrogens with one attached hydrogen (secondary N) is 1. The fourth-order valence-corrected chi connectivity index (χ4v) is 3.63. The van der Waals surface area contributed by atoms with Crippen molar-refractivity contribution in [3.8, 4) is 5.75 Å². The van der Waals surface area contributed by atoms with Gasteiger partial charge in [0.2, 0.25) is 5.91 Å². The molecule has 0 atom stereocenters. The molecule has 0 unspecified atom stereocenters. The van der Waals surface area contributed by atoms with E-state index < -0.39 is 0 Å². The van der Waals surface area contributed by atoms with Crippen molar-refractivity contribution in [1.82, 2.24) is 10.2 Å². The number of likely N-dealkylation sites (tertiary alicyclic amines) is 1. The lowest BCUT2D eigenvalue weighted by Crippen LogP contribution is -2.40. The summed E-state index contributed by atoms with van der Waals surface area (Å²) in [6.07, 6.45) is 4.05. The van der Waals surface area contributed by atoms with Crippen LogP contribution in [0.25, 0.3) is 0 Å². The van der Waals surface area contributed by atoms with Crippen molar-refractivity contribution in [1.29, 1.82) is 0 Å². The highest BCUT2D eigenvalue weighted by atomic mass is 16.5. The van der Waals surface area contributed by atoms with Gasteiger partial charge in [0, 0.05) is 13.1 Å². The lowest BCUT2D eigenvalue weighted by Gasteiger charge is -2.33. The van der Waals surface area contributed by atoms with Gasteiger partial charge in [-0.25, -0.2) is 0 Å². The summed E-state index contributed by atoms with van der Waals surface area (Å²) in [6.45, 7) is 6.56. The van der Waals surface area contributed by atoms with Gasteiger partial charge in [0.15, 0.2) is 0 Å². The largest absolute Gasteiger partial charge is 0.493 e. The maximum atomic E-state index is 12.4. The van der Waals surface area contributed by atoms with E-state index in [0.29, 0.717) is 18.4 Å². The molecule has 2 aliphatic heterocycles. The second-order valence-electron chi connectivity index (χ2n) is 6.73. The molecule has 0 saturated carbocycles. The molecule has 4 heteroatoms. The molecule has 1 amide bonds. The van der Waals surface area contributed by atoms with Crippen molar-refractivity contribution < 1.29 is 9.53 Å². The average molecular weight is 302 g/mol. The van der Waals surface area contributed by atoms with Crippen LogP contribution in [0, 0.1) is 12.3 Å². The fraction of sp³-hybridized carbons (Fsp3) is 0.611. The number of amides is 1. The summed E-state index contributed by atoms with van der Waals surface area (Å²) < 4.78 is 5.70. The van der Waals surface area contributed by atoms with E-state index >= 15 is 0 Å². The van der Waals surface area contributed by atoms with Crippen molar-refractivity contribution in [3.05, 3.63) is 29.8 Å². The van der Waals surface area contributed by atoms with E-state index in [9.17, 15) is 4.79 Å². The van der Waals surface area contributed by atoms with Gasteiger partial charge in [0.25, 0.3) is 0 Å². The molecule has 3 rings (SSSR count). The Morgan fingerprint density at radius 3 is 2.91 bits per heavy atom. The van der Waals surface area contributed by atoms with Crippen LogP contribution in [0.1, 0.15) is 31.2 Å². The zero-order valence-corrected chi connectivity index (χ0v) is 13.4. The van der Waals surface area contributed by atoms with Crippen molar-refractivity contribution in [2.75, 3.05) is 32.8 Å². The number of rotatable bonds is 4. The van der Waals surface area contributed by atoms with Crippen LogP contribution in [-0.4, -0.2) is 43.6 Å². The minimum atomic E-state index is 0.239. The number of nitrogens with zero attached hydrogens (tertiary/aromatic N) is 1. The third kappa shape index (κ3) is 3.61. The van der Waals surface area contributed by atoms with Crippen molar-refractivity contribution in [2.45, 2.75) is 32.6 Å². The van der Waals surface area contributed by atoms with Gasteiger partial charge in [-0.05, 0) is 62.4 Å². The Morgan fingerprint density at radius 1 is 1.32 bits per heavy atom. The van der Waals surface area contributed by atoms with Crippen LogP contribution < -0.4 is 10.1 Å². The molecule has 120 valence electrons. The molecule has 1 N–H and O–H groups in total. The van der Waals surface area contributed by atoms with E-state index in [4.69, 9.17) is 4.74 Å². The molecule has 1 spiro atoms. The number of carbonyl (C=O) groups excluding carboxylic acids is 1. The minimum absolute atomic E-state index is 0.239. The maximum absolute atomic E-state index is 12.4. The van der Waals surface area contributed by atoms with Crippen molar-refractivity contribution in [2.24, 2.45) is 5.41 Å². The second-order valence-corrected chi connectivity index (χ2v) is 6.73. The first-order valence-electron chi connectivity index (χ1n) is 8.35. The normalized spacial score (nSPS) is 20.3.